The fourth-order valence-corrected chi connectivity index (χ4v) is 2.72. The van der Waals surface area contributed by atoms with Crippen LogP contribution in [0, 0.1) is 0 Å². The predicted molar refractivity (Wildman–Crippen MR) is 66.4 cm³/mol. The number of phenols is 1. The SMILES string of the molecule is Oc1cc(C(F)(F)F)cc2c1Cc1cccc(C(F)(F)F)c1-2. The van der Waals surface area contributed by atoms with Crippen molar-refractivity contribution in [2.75, 3.05) is 0 Å². The highest BCUT2D eigenvalue weighted by Crippen LogP contribution is 2.49. The van der Waals surface area contributed by atoms with Crippen LogP contribution < -0.4 is 0 Å². The molecule has 0 saturated heterocycles. The van der Waals surface area contributed by atoms with E-state index in [1.165, 1.54) is 12.1 Å². The summed E-state index contributed by atoms with van der Waals surface area (Å²) < 4.78 is 77.7. The van der Waals surface area contributed by atoms with Crippen molar-refractivity contribution in [1.82, 2.24) is 0 Å². The molecule has 1 aliphatic rings. The summed E-state index contributed by atoms with van der Waals surface area (Å²) in [6, 6.07) is 4.64. The molecule has 0 saturated carbocycles. The molecule has 22 heavy (non-hydrogen) atoms. The maximum absolute atomic E-state index is 13.1. The third-order valence-electron chi connectivity index (χ3n) is 3.65. The molecule has 0 aliphatic heterocycles. The first kappa shape index (κ1) is 14.7. The van der Waals surface area contributed by atoms with Crippen LogP contribution in [-0.2, 0) is 18.8 Å². The zero-order chi connectivity index (χ0) is 16.3. The molecule has 1 nitrogen and oxygen atoms in total. The van der Waals surface area contributed by atoms with Crippen molar-refractivity contribution in [3.8, 4) is 16.9 Å². The summed E-state index contributed by atoms with van der Waals surface area (Å²) in [7, 11) is 0. The van der Waals surface area contributed by atoms with Crippen molar-refractivity contribution in [2.45, 2.75) is 18.8 Å². The van der Waals surface area contributed by atoms with E-state index in [0.717, 1.165) is 6.07 Å². The number of fused-ring (bicyclic) bond motifs is 3. The summed E-state index contributed by atoms with van der Waals surface area (Å²) in [6.07, 6.45) is -9.46. The van der Waals surface area contributed by atoms with Gasteiger partial charge in [-0.05, 0) is 34.9 Å². The van der Waals surface area contributed by atoms with E-state index >= 15 is 0 Å². The molecule has 0 bridgehead atoms. The molecule has 0 radical (unpaired) electrons. The molecule has 0 fully saturated rings. The molecule has 7 heteroatoms. The lowest BCUT2D eigenvalue weighted by atomic mass is 9.97. The van der Waals surface area contributed by atoms with Crippen molar-refractivity contribution >= 4 is 0 Å². The molecule has 2 aromatic carbocycles. The molecule has 2 aromatic rings. The first-order valence-corrected chi connectivity index (χ1v) is 6.21. The summed E-state index contributed by atoms with van der Waals surface area (Å²) in [5.74, 6) is -0.644. The first-order chi connectivity index (χ1) is 10.1. The predicted octanol–water partition coefficient (Wildman–Crippen LogP) is 5.00. The molecule has 0 spiro atoms. The largest absolute Gasteiger partial charge is 0.508 e. The Bertz CT molecular complexity index is 758. The zero-order valence-electron chi connectivity index (χ0n) is 10.8. The maximum atomic E-state index is 13.1. The quantitative estimate of drug-likeness (QED) is 0.578. The molecule has 0 unspecified atom stereocenters. The van der Waals surface area contributed by atoms with E-state index in [1.807, 2.05) is 0 Å². The lowest BCUT2D eigenvalue weighted by Gasteiger charge is -2.14. The average Bonchev–Trinajstić information content (AvgIpc) is 2.75. The van der Waals surface area contributed by atoms with Gasteiger partial charge in [0.05, 0.1) is 11.1 Å². The fraction of sp³-hybridized carbons (Fsp3) is 0.200. The van der Waals surface area contributed by atoms with Crippen molar-refractivity contribution in [2.24, 2.45) is 0 Å². The van der Waals surface area contributed by atoms with E-state index < -0.39 is 29.2 Å². The lowest BCUT2D eigenvalue weighted by molar-refractivity contribution is -0.137. The second kappa shape index (κ2) is 4.41. The third-order valence-corrected chi connectivity index (χ3v) is 3.65. The molecular weight excluding hydrogens is 310 g/mol. The summed E-state index contributed by atoms with van der Waals surface area (Å²) >= 11 is 0. The number of halogens is 6. The Morgan fingerprint density at radius 3 is 2.18 bits per heavy atom. The highest BCUT2D eigenvalue weighted by molar-refractivity contribution is 5.82. The number of rotatable bonds is 0. The molecule has 1 N–H and O–H groups in total. The van der Waals surface area contributed by atoms with Crippen molar-refractivity contribution in [3.63, 3.8) is 0 Å². The Kier molecular flexibility index (Phi) is 2.95. The van der Waals surface area contributed by atoms with Crippen LogP contribution >= 0.6 is 0 Å². The zero-order valence-corrected chi connectivity index (χ0v) is 10.8. The second-order valence-electron chi connectivity index (χ2n) is 5.03. The molecule has 3 rings (SSSR count). The number of phenolic OH excluding ortho intramolecular Hbond substituents is 1. The number of hydrogen-bond acceptors (Lipinski definition) is 1. The third kappa shape index (κ3) is 2.20. The first-order valence-electron chi connectivity index (χ1n) is 6.21. The van der Waals surface area contributed by atoms with Crippen molar-refractivity contribution in [1.29, 1.82) is 0 Å². The van der Waals surface area contributed by atoms with Crippen LogP contribution in [0.15, 0.2) is 30.3 Å². The van der Waals surface area contributed by atoms with Gasteiger partial charge in [0, 0.05) is 12.0 Å². The average molecular weight is 318 g/mol. The van der Waals surface area contributed by atoms with Gasteiger partial charge in [0.25, 0.3) is 0 Å². The van der Waals surface area contributed by atoms with Crippen LogP contribution in [-0.4, -0.2) is 5.11 Å². The Labute approximate surface area is 120 Å². The van der Waals surface area contributed by atoms with Crippen LogP contribution in [0.1, 0.15) is 22.3 Å². The van der Waals surface area contributed by atoms with Gasteiger partial charge in [0.15, 0.2) is 0 Å². The molecule has 1 aliphatic carbocycles. The van der Waals surface area contributed by atoms with E-state index in [-0.39, 0.29) is 28.7 Å². The van der Waals surface area contributed by atoms with Gasteiger partial charge in [0.2, 0.25) is 0 Å². The smallest absolute Gasteiger partial charge is 0.417 e. The van der Waals surface area contributed by atoms with Gasteiger partial charge in [-0.25, -0.2) is 0 Å². The highest BCUT2D eigenvalue weighted by Gasteiger charge is 2.39. The molecule has 0 amide bonds. The Morgan fingerprint density at radius 2 is 1.59 bits per heavy atom. The van der Waals surface area contributed by atoms with Crippen molar-refractivity contribution < 1.29 is 31.4 Å². The van der Waals surface area contributed by atoms with Gasteiger partial charge in [0.1, 0.15) is 5.75 Å². The number of benzene rings is 2. The molecular formula is C15H8F6O. The normalized spacial score (nSPS) is 13.9. The monoisotopic (exact) mass is 318 g/mol. The van der Waals surface area contributed by atoms with Gasteiger partial charge >= 0.3 is 12.4 Å². The summed E-state index contributed by atoms with van der Waals surface area (Å²) in [6.45, 7) is 0. The minimum absolute atomic E-state index is 0.0292. The van der Waals surface area contributed by atoms with E-state index in [2.05, 4.69) is 0 Å². The topological polar surface area (TPSA) is 20.2 Å². The van der Waals surface area contributed by atoms with E-state index in [1.54, 1.807) is 0 Å². The van der Waals surface area contributed by atoms with E-state index in [4.69, 9.17) is 0 Å². The van der Waals surface area contributed by atoms with Gasteiger partial charge in [-0.15, -0.1) is 0 Å². The number of alkyl halides is 6. The Balaban J connectivity index is 2.31. The van der Waals surface area contributed by atoms with Crippen LogP contribution in [0.3, 0.4) is 0 Å². The number of aromatic hydroxyl groups is 1. The van der Waals surface area contributed by atoms with Crippen LogP contribution in [0.2, 0.25) is 0 Å². The molecule has 0 atom stereocenters. The Hall–Kier alpha value is -2.18. The van der Waals surface area contributed by atoms with Crippen LogP contribution in [0.25, 0.3) is 11.1 Å². The van der Waals surface area contributed by atoms with Gasteiger partial charge < -0.3 is 5.11 Å². The second-order valence-corrected chi connectivity index (χ2v) is 5.03. The van der Waals surface area contributed by atoms with Gasteiger partial charge in [-0.2, -0.15) is 26.3 Å². The van der Waals surface area contributed by atoms with Crippen molar-refractivity contribution in [3.05, 3.63) is 52.6 Å². The minimum atomic E-state index is -4.75. The fourth-order valence-electron chi connectivity index (χ4n) is 2.72. The highest BCUT2D eigenvalue weighted by atomic mass is 19.4. The van der Waals surface area contributed by atoms with Crippen LogP contribution in [0.5, 0.6) is 5.75 Å². The van der Waals surface area contributed by atoms with Gasteiger partial charge in [-0.1, -0.05) is 12.1 Å². The van der Waals surface area contributed by atoms with E-state index in [9.17, 15) is 31.4 Å². The van der Waals surface area contributed by atoms with E-state index in [0.29, 0.717) is 12.1 Å². The molecule has 0 aromatic heterocycles. The Morgan fingerprint density at radius 1 is 0.909 bits per heavy atom. The lowest BCUT2D eigenvalue weighted by Crippen LogP contribution is -2.08. The summed E-state index contributed by atoms with van der Waals surface area (Å²) in [5.41, 5.74) is -2.34. The standard InChI is InChI=1S/C15H8F6O/c16-14(17,18)8-5-10-9(12(22)6-8)4-7-2-1-3-11(13(7)10)15(19,20)21/h1-3,5-6,22H,4H2. The molecule has 116 valence electrons. The summed E-state index contributed by atoms with van der Waals surface area (Å²) in [5, 5.41) is 9.76. The number of hydrogen-bond donors (Lipinski definition) is 1. The van der Waals surface area contributed by atoms with Crippen LogP contribution in [0.4, 0.5) is 26.3 Å². The maximum Gasteiger partial charge on any atom is 0.417 e. The van der Waals surface area contributed by atoms with Gasteiger partial charge in [-0.3, -0.25) is 0 Å². The molecule has 0 heterocycles. The minimum Gasteiger partial charge on any atom is -0.508 e. The summed E-state index contributed by atoms with van der Waals surface area (Å²) in [4.78, 5) is 0.